The average molecular weight is 275 g/mol. The first-order valence-electron chi connectivity index (χ1n) is 7.29. The molecular weight excluding hydrogens is 254 g/mol. The molecule has 1 aromatic heterocycles. The quantitative estimate of drug-likeness (QED) is 0.861. The molecule has 102 valence electrons. The SMILES string of the molecule is NC(=S)c1cccnc1N1CCCC1C1CCCC1. The van der Waals surface area contributed by atoms with E-state index in [1.165, 1.54) is 38.5 Å². The number of hydrogen-bond donors (Lipinski definition) is 1. The van der Waals surface area contributed by atoms with Gasteiger partial charge in [-0.25, -0.2) is 4.98 Å². The molecule has 2 heterocycles. The van der Waals surface area contributed by atoms with Crippen molar-refractivity contribution in [3.63, 3.8) is 0 Å². The number of anilines is 1. The maximum Gasteiger partial charge on any atom is 0.139 e. The van der Waals surface area contributed by atoms with Gasteiger partial charge in [0.2, 0.25) is 0 Å². The van der Waals surface area contributed by atoms with Crippen LogP contribution < -0.4 is 10.6 Å². The van der Waals surface area contributed by atoms with Crippen molar-refractivity contribution in [2.24, 2.45) is 11.7 Å². The second-order valence-corrected chi connectivity index (χ2v) is 6.13. The fourth-order valence-corrected chi connectivity index (χ4v) is 3.87. The summed E-state index contributed by atoms with van der Waals surface area (Å²) in [5.74, 6) is 1.84. The van der Waals surface area contributed by atoms with E-state index in [0.29, 0.717) is 11.0 Å². The Balaban J connectivity index is 1.90. The van der Waals surface area contributed by atoms with Gasteiger partial charge in [0, 0.05) is 18.8 Å². The highest BCUT2D eigenvalue weighted by Crippen LogP contribution is 2.37. The zero-order valence-electron chi connectivity index (χ0n) is 11.2. The highest BCUT2D eigenvalue weighted by atomic mass is 32.1. The Bertz CT molecular complexity index is 468. The molecule has 1 aromatic rings. The van der Waals surface area contributed by atoms with E-state index in [9.17, 15) is 0 Å². The summed E-state index contributed by atoms with van der Waals surface area (Å²) < 4.78 is 0. The van der Waals surface area contributed by atoms with Crippen molar-refractivity contribution in [3.05, 3.63) is 23.9 Å². The molecule has 2 N–H and O–H groups in total. The van der Waals surface area contributed by atoms with Crippen LogP contribution in [-0.4, -0.2) is 22.6 Å². The van der Waals surface area contributed by atoms with Gasteiger partial charge < -0.3 is 10.6 Å². The van der Waals surface area contributed by atoms with E-state index >= 15 is 0 Å². The number of rotatable bonds is 3. The summed E-state index contributed by atoms with van der Waals surface area (Å²) in [7, 11) is 0. The lowest BCUT2D eigenvalue weighted by atomic mass is 9.96. The van der Waals surface area contributed by atoms with E-state index in [4.69, 9.17) is 18.0 Å². The molecular formula is C15H21N3S. The van der Waals surface area contributed by atoms with Gasteiger partial charge in [-0.2, -0.15) is 0 Å². The van der Waals surface area contributed by atoms with Crippen LogP contribution >= 0.6 is 12.2 Å². The van der Waals surface area contributed by atoms with Crippen molar-refractivity contribution in [3.8, 4) is 0 Å². The molecule has 1 aliphatic heterocycles. The topological polar surface area (TPSA) is 42.1 Å². The van der Waals surface area contributed by atoms with Crippen LogP contribution in [0.25, 0.3) is 0 Å². The van der Waals surface area contributed by atoms with Crippen molar-refractivity contribution in [2.75, 3.05) is 11.4 Å². The van der Waals surface area contributed by atoms with Gasteiger partial charge in [0.05, 0.1) is 5.56 Å². The molecule has 3 rings (SSSR count). The van der Waals surface area contributed by atoms with Gasteiger partial charge in [0.15, 0.2) is 0 Å². The highest BCUT2D eigenvalue weighted by Gasteiger charge is 2.34. The van der Waals surface area contributed by atoms with Gasteiger partial charge in [-0.3, -0.25) is 0 Å². The summed E-state index contributed by atoms with van der Waals surface area (Å²) in [5.41, 5.74) is 6.78. The van der Waals surface area contributed by atoms with Crippen LogP contribution in [0, 0.1) is 5.92 Å². The molecule has 19 heavy (non-hydrogen) atoms. The Morgan fingerprint density at radius 2 is 2.05 bits per heavy atom. The molecule has 0 spiro atoms. The second kappa shape index (κ2) is 5.45. The van der Waals surface area contributed by atoms with Gasteiger partial charge in [-0.15, -0.1) is 0 Å². The zero-order valence-corrected chi connectivity index (χ0v) is 12.0. The summed E-state index contributed by atoms with van der Waals surface area (Å²) in [4.78, 5) is 7.48. The standard InChI is InChI=1S/C15H21N3S/c16-14(19)12-7-3-9-17-15(12)18-10-4-8-13(18)11-5-1-2-6-11/h3,7,9,11,13H,1-2,4-6,8,10H2,(H2,16,19). The minimum absolute atomic E-state index is 0.458. The van der Waals surface area contributed by atoms with Gasteiger partial charge in [-0.1, -0.05) is 25.1 Å². The van der Waals surface area contributed by atoms with E-state index in [-0.39, 0.29) is 0 Å². The fraction of sp³-hybridized carbons (Fsp3) is 0.600. The third-order valence-electron chi connectivity index (χ3n) is 4.57. The Labute approximate surface area is 120 Å². The van der Waals surface area contributed by atoms with Crippen LogP contribution in [0.15, 0.2) is 18.3 Å². The first kappa shape index (κ1) is 12.9. The molecule has 1 aliphatic carbocycles. The van der Waals surface area contributed by atoms with Gasteiger partial charge in [0.25, 0.3) is 0 Å². The predicted octanol–water partition coefficient (Wildman–Crippen LogP) is 2.87. The molecule has 2 fully saturated rings. The molecule has 3 nitrogen and oxygen atoms in total. The van der Waals surface area contributed by atoms with Crippen LogP contribution in [0.2, 0.25) is 0 Å². The minimum atomic E-state index is 0.458. The Morgan fingerprint density at radius 3 is 2.79 bits per heavy atom. The van der Waals surface area contributed by atoms with Gasteiger partial charge in [-0.05, 0) is 43.7 Å². The predicted molar refractivity (Wildman–Crippen MR) is 82.5 cm³/mol. The molecule has 0 radical (unpaired) electrons. The third kappa shape index (κ3) is 2.46. The van der Waals surface area contributed by atoms with E-state index in [1.54, 1.807) is 0 Å². The van der Waals surface area contributed by atoms with Crippen molar-refractivity contribution >= 4 is 23.0 Å². The maximum atomic E-state index is 5.85. The van der Waals surface area contributed by atoms with Crippen molar-refractivity contribution in [1.29, 1.82) is 0 Å². The lowest BCUT2D eigenvalue weighted by molar-refractivity contribution is 0.429. The summed E-state index contributed by atoms with van der Waals surface area (Å²) in [5, 5.41) is 0. The smallest absolute Gasteiger partial charge is 0.139 e. The van der Waals surface area contributed by atoms with Crippen LogP contribution in [0.1, 0.15) is 44.1 Å². The van der Waals surface area contributed by atoms with E-state index in [2.05, 4.69) is 9.88 Å². The number of aromatic nitrogens is 1. The minimum Gasteiger partial charge on any atom is -0.389 e. The first-order valence-corrected chi connectivity index (χ1v) is 7.69. The zero-order chi connectivity index (χ0) is 13.2. The summed E-state index contributed by atoms with van der Waals surface area (Å²) in [6.45, 7) is 1.09. The van der Waals surface area contributed by atoms with E-state index in [1.807, 2.05) is 18.3 Å². The van der Waals surface area contributed by atoms with Crippen LogP contribution in [-0.2, 0) is 0 Å². The van der Waals surface area contributed by atoms with Gasteiger partial charge >= 0.3 is 0 Å². The Kier molecular flexibility index (Phi) is 3.69. The lowest BCUT2D eigenvalue weighted by Crippen LogP contribution is -2.36. The van der Waals surface area contributed by atoms with Crippen LogP contribution in [0.5, 0.6) is 0 Å². The van der Waals surface area contributed by atoms with Crippen molar-refractivity contribution < 1.29 is 0 Å². The molecule has 2 aliphatic rings. The third-order valence-corrected chi connectivity index (χ3v) is 4.79. The summed E-state index contributed by atoms with van der Waals surface area (Å²) >= 11 is 5.17. The number of nitrogens with zero attached hydrogens (tertiary/aromatic N) is 2. The van der Waals surface area contributed by atoms with E-state index < -0.39 is 0 Å². The summed E-state index contributed by atoms with van der Waals surface area (Å²) in [6.07, 6.45) is 9.92. The monoisotopic (exact) mass is 275 g/mol. The number of thiocarbonyl (C=S) groups is 1. The Morgan fingerprint density at radius 1 is 1.26 bits per heavy atom. The van der Waals surface area contributed by atoms with Crippen molar-refractivity contribution in [2.45, 2.75) is 44.6 Å². The number of pyridine rings is 1. The first-order chi connectivity index (χ1) is 9.27. The highest BCUT2D eigenvalue weighted by molar-refractivity contribution is 7.80. The summed E-state index contributed by atoms with van der Waals surface area (Å²) in [6, 6.07) is 4.55. The molecule has 0 aromatic carbocycles. The van der Waals surface area contributed by atoms with Crippen LogP contribution in [0.4, 0.5) is 5.82 Å². The van der Waals surface area contributed by atoms with Crippen molar-refractivity contribution in [1.82, 2.24) is 4.98 Å². The number of nitrogens with two attached hydrogens (primary N) is 1. The Hall–Kier alpha value is -1.16. The van der Waals surface area contributed by atoms with E-state index in [0.717, 1.165) is 23.8 Å². The molecule has 0 bridgehead atoms. The van der Waals surface area contributed by atoms with Crippen LogP contribution in [0.3, 0.4) is 0 Å². The molecule has 1 saturated heterocycles. The average Bonchev–Trinajstić information content (AvgIpc) is 3.09. The number of hydrogen-bond acceptors (Lipinski definition) is 3. The lowest BCUT2D eigenvalue weighted by Gasteiger charge is -2.31. The normalized spacial score (nSPS) is 24.0. The second-order valence-electron chi connectivity index (χ2n) is 5.69. The van der Waals surface area contributed by atoms with Gasteiger partial charge in [0.1, 0.15) is 10.8 Å². The largest absolute Gasteiger partial charge is 0.389 e. The fourth-order valence-electron chi connectivity index (χ4n) is 3.71. The molecule has 4 heteroatoms. The maximum absolute atomic E-state index is 5.85. The molecule has 1 atom stereocenters. The molecule has 1 unspecified atom stereocenters. The molecule has 0 amide bonds. The molecule has 1 saturated carbocycles.